The molecule has 0 aromatic heterocycles. The predicted molar refractivity (Wildman–Crippen MR) is 58.5 cm³/mol. The van der Waals surface area contributed by atoms with Gasteiger partial charge in [-0.15, -0.1) is 0 Å². The van der Waals surface area contributed by atoms with Crippen molar-refractivity contribution in [1.82, 2.24) is 4.90 Å². The van der Waals surface area contributed by atoms with Gasteiger partial charge in [-0.1, -0.05) is 38.8 Å². The van der Waals surface area contributed by atoms with Crippen LogP contribution < -0.4 is 0 Å². The molecule has 3 nitrogen and oxygen atoms in total. The molecule has 1 saturated heterocycles. The average Bonchev–Trinajstić information content (AvgIpc) is 2.17. The molecule has 0 unspecified atom stereocenters. The standard InChI is InChI=1S/C8H13Br2NO2/c1-6(9)7(10)8(12)11-2-4-13-5-3-11/h6-7H,2-5H2,1H3/t6-,7+/m0/s1. The highest BCUT2D eigenvalue weighted by atomic mass is 79.9. The number of nitrogens with zero attached hydrogens (tertiary/aromatic N) is 1. The van der Waals surface area contributed by atoms with Crippen LogP contribution >= 0.6 is 31.9 Å². The molecular weight excluding hydrogens is 302 g/mol. The van der Waals surface area contributed by atoms with Crippen molar-refractivity contribution in [2.24, 2.45) is 0 Å². The van der Waals surface area contributed by atoms with Crippen LogP contribution in [0.2, 0.25) is 0 Å². The van der Waals surface area contributed by atoms with Gasteiger partial charge in [0.05, 0.1) is 13.2 Å². The molecule has 0 aliphatic carbocycles. The first-order valence-electron chi connectivity index (χ1n) is 4.27. The molecule has 0 N–H and O–H groups in total. The molecular formula is C8H13Br2NO2. The second kappa shape index (κ2) is 5.32. The van der Waals surface area contributed by atoms with Crippen LogP contribution in [0.5, 0.6) is 0 Å². The summed E-state index contributed by atoms with van der Waals surface area (Å²) in [6.45, 7) is 4.68. The van der Waals surface area contributed by atoms with Gasteiger partial charge in [0.15, 0.2) is 0 Å². The number of alkyl halides is 2. The first-order valence-corrected chi connectivity index (χ1v) is 6.10. The molecule has 76 valence electrons. The van der Waals surface area contributed by atoms with Crippen molar-refractivity contribution in [3.8, 4) is 0 Å². The summed E-state index contributed by atoms with van der Waals surface area (Å²) in [5.74, 6) is 0.146. The fourth-order valence-corrected chi connectivity index (χ4v) is 1.67. The number of carbonyl (C=O) groups excluding carboxylic acids is 1. The summed E-state index contributed by atoms with van der Waals surface area (Å²) in [7, 11) is 0. The van der Waals surface area contributed by atoms with E-state index in [-0.39, 0.29) is 15.6 Å². The monoisotopic (exact) mass is 313 g/mol. The van der Waals surface area contributed by atoms with E-state index in [0.29, 0.717) is 26.3 Å². The van der Waals surface area contributed by atoms with E-state index in [1.165, 1.54) is 0 Å². The summed E-state index contributed by atoms with van der Waals surface area (Å²) in [5, 5.41) is 0. The Morgan fingerprint density at radius 3 is 2.38 bits per heavy atom. The van der Waals surface area contributed by atoms with Crippen molar-refractivity contribution in [2.45, 2.75) is 16.6 Å². The zero-order valence-electron chi connectivity index (χ0n) is 7.50. The molecule has 0 spiro atoms. The fourth-order valence-electron chi connectivity index (χ4n) is 1.15. The Bertz CT molecular complexity index is 181. The Morgan fingerprint density at radius 2 is 1.92 bits per heavy atom. The molecule has 0 aromatic rings. The molecule has 2 atom stereocenters. The van der Waals surface area contributed by atoms with Gasteiger partial charge in [-0.3, -0.25) is 4.79 Å². The van der Waals surface area contributed by atoms with E-state index in [4.69, 9.17) is 4.74 Å². The van der Waals surface area contributed by atoms with Gasteiger partial charge in [0.1, 0.15) is 4.83 Å². The third kappa shape index (κ3) is 3.22. The third-order valence-electron chi connectivity index (χ3n) is 1.96. The topological polar surface area (TPSA) is 29.5 Å². The summed E-state index contributed by atoms with van der Waals surface area (Å²) >= 11 is 6.75. The number of hydrogen-bond acceptors (Lipinski definition) is 2. The van der Waals surface area contributed by atoms with E-state index in [2.05, 4.69) is 31.9 Å². The SMILES string of the molecule is C[C@H](Br)[C@@H](Br)C(=O)N1CCOCC1. The molecule has 0 saturated carbocycles. The lowest BCUT2D eigenvalue weighted by atomic mass is 10.3. The van der Waals surface area contributed by atoms with E-state index in [9.17, 15) is 4.79 Å². The van der Waals surface area contributed by atoms with E-state index in [1.807, 2.05) is 11.8 Å². The largest absolute Gasteiger partial charge is 0.378 e. The molecule has 1 amide bonds. The quantitative estimate of drug-likeness (QED) is 0.721. The highest BCUT2D eigenvalue weighted by Gasteiger charge is 2.26. The van der Waals surface area contributed by atoms with Gasteiger partial charge in [-0.2, -0.15) is 0 Å². The summed E-state index contributed by atoms with van der Waals surface area (Å²) in [6, 6.07) is 0. The Hall–Kier alpha value is 0.390. The van der Waals surface area contributed by atoms with Crippen LogP contribution in [0.4, 0.5) is 0 Å². The lowest BCUT2D eigenvalue weighted by Crippen LogP contribution is -2.45. The molecule has 1 rings (SSSR count). The number of ether oxygens (including phenoxy) is 1. The van der Waals surface area contributed by atoms with Gasteiger partial charge in [0.25, 0.3) is 0 Å². The van der Waals surface area contributed by atoms with Crippen molar-refractivity contribution in [1.29, 1.82) is 0 Å². The van der Waals surface area contributed by atoms with E-state index in [1.54, 1.807) is 0 Å². The maximum atomic E-state index is 11.7. The molecule has 1 heterocycles. The van der Waals surface area contributed by atoms with Crippen LogP contribution in [0.1, 0.15) is 6.92 Å². The predicted octanol–water partition coefficient (Wildman–Crippen LogP) is 1.39. The lowest BCUT2D eigenvalue weighted by molar-refractivity contribution is -0.134. The summed E-state index contributed by atoms with van der Waals surface area (Å²) < 4.78 is 5.17. The van der Waals surface area contributed by atoms with Crippen molar-refractivity contribution in [2.75, 3.05) is 26.3 Å². The number of morpholine rings is 1. The first-order chi connectivity index (χ1) is 6.13. The van der Waals surface area contributed by atoms with Crippen LogP contribution in [0, 0.1) is 0 Å². The minimum absolute atomic E-state index is 0.134. The van der Waals surface area contributed by atoms with Gasteiger partial charge >= 0.3 is 0 Å². The fraction of sp³-hybridized carbons (Fsp3) is 0.875. The summed E-state index contributed by atoms with van der Waals surface area (Å²) in [5.41, 5.74) is 0. The van der Waals surface area contributed by atoms with Gasteiger partial charge in [-0.05, 0) is 0 Å². The minimum Gasteiger partial charge on any atom is -0.378 e. The zero-order valence-corrected chi connectivity index (χ0v) is 10.7. The number of carbonyl (C=O) groups is 1. The molecule has 1 fully saturated rings. The maximum Gasteiger partial charge on any atom is 0.237 e. The Labute approximate surface area is 95.1 Å². The number of rotatable bonds is 2. The maximum absolute atomic E-state index is 11.7. The molecule has 13 heavy (non-hydrogen) atoms. The molecule has 1 aliphatic rings. The van der Waals surface area contributed by atoms with Gasteiger partial charge in [-0.25, -0.2) is 0 Å². The summed E-state index contributed by atoms with van der Waals surface area (Å²) in [6.07, 6.45) is 0. The third-order valence-corrected chi connectivity index (χ3v) is 4.38. The van der Waals surface area contributed by atoms with Crippen LogP contribution in [0.3, 0.4) is 0 Å². The van der Waals surface area contributed by atoms with Crippen molar-refractivity contribution >= 4 is 37.8 Å². The molecule has 1 aliphatic heterocycles. The lowest BCUT2D eigenvalue weighted by Gasteiger charge is -2.29. The molecule has 0 aromatic carbocycles. The number of amides is 1. The molecule has 0 bridgehead atoms. The van der Waals surface area contributed by atoms with Crippen LogP contribution in [0.15, 0.2) is 0 Å². The van der Waals surface area contributed by atoms with Crippen molar-refractivity contribution < 1.29 is 9.53 Å². The second-order valence-corrected chi connectivity index (χ2v) is 5.45. The highest BCUT2D eigenvalue weighted by Crippen LogP contribution is 2.16. The highest BCUT2D eigenvalue weighted by molar-refractivity contribution is 9.12. The Kier molecular flexibility index (Phi) is 4.69. The van der Waals surface area contributed by atoms with Crippen molar-refractivity contribution in [3.05, 3.63) is 0 Å². The normalized spacial score (nSPS) is 22.5. The molecule has 0 radical (unpaired) electrons. The van der Waals surface area contributed by atoms with E-state index < -0.39 is 0 Å². The Balaban J connectivity index is 2.45. The van der Waals surface area contributed by atoms with Crippen LogP contribution in [0.25, 0.3) is 0 Å². The minimum atomic E-state index is -0.134. The first kappa shape index (κ1) is 11.5. The van der Waals surface area contributed by atoms with Crippen molar-refractivity contribution in [3.63, 3.8) is 0 Å². The number of halogens is 2. The van der Waals surface area contributed by atoms with E-state index in [0.717, 1.165) is 0 Å². The Morgan fingerprint density at radius 1 is 1.38 bits per heavy atom. The van der Waals surface area contributed by atoms with Crippen LogP contribution in [-0.2, 0) is 9.53 Å². The zero-order chi connectivity index (χ0) is 9.84. The van der Waals surface area contributed by atoms with Gasteiger partial charge in [0, 0.05) is 17.9 Å². The molecule has 5 heteroatoms. The smallest absolute Gasteiger partial charge is 0.237 e. The van der Waals surface area contributed by atoms with Gasteiger partial charge < -0.3 is 9.64 Å². The average molecular weight is 315 g/mol. The van der Waals surface area contributed by atoms with E-state index >= 15 is 0 Å². The van der Waals surface area contributed by atoms with Crippen LogP contribution in [-0.4, -0.2) is 46.8 Å². The number of hydrogen-bond donors (Lipinski definition) is 0. The summed E-state index contributed by atoms with van der Waals surface area (Å²) in [4.78, 5) is 13.6. The second-order valence-electron chi connectivity index (χ2n) is 3.02. The van der Waals surface area contributed by atoms with Gasteiger partial charge in [0.2, 0.25) is 5.91 Å².